The maximum Gasteiger partial charge on any atom is 0.215 e. The van der Waals surface area contributed by atoms with E-state index in [2.05, 4.69) is 25.9 Å². The number of aromatic nitrogens is 2. The SMILES string of the molecule is CN1NC(c2ccc(CO)cc2)N=C1Nc1ccc2[nH]ncc2c1Cl. The molecule has 1 aliphatic rings. The lowest BCUT2D eigenvalue weighted by molar-refractivity contribution is 0.281. The van der Waals surface area contributed by atoms with Gasteiger partial charge in [-0.3, -0.25) is 10.1 Å². The van der Waals surface area contributed by atoms with Gasteiger partial charge in [0.15, 0.2) is 0 Å². The van der Waals surface area contributed by atoms with Gasteiger partial charge in [-0.05, 0) is 23.3 Å². The Labute approximate surface area is 149 Å². The first-order chi connectivity index (χ1) is 12.2. The van der Waals surface area contributed by atoms with Gasteiger partial charge in [0.1, 0.15) is 6.17 Å². The highest BCUT2D eigenvalue weighted by Crippen LogP contribution is 2.30. The van der Waals surface area contributed by atoms with Crippen molar-refractivity contribution >= 4 is 34.2 Å². The van der Waals surface area contributed by atoms with Crippen LogP contribution in [-0.4, -0.2) is 33.3 Å². The van der Waals surface area contributed by atoms with Crippen LogP contribution in [0.4, 0.5) is 5.69 Å². The van der Waals surface area contributed by atoms with Gasteiger partial charge in [-0.25, -0.2) is 10.4 Å². The smallest absolute Gasteiger partial charge is 0.215 e. The van der Waals surface area contributed by atoms with Crippen molar-refractivity contribution in [3.63, 3.8) is 0 Å². The van der Waals surface area contributed by atoms with E-state index in [9.17, 15) is 0 Å². The Kier molecular flexibility index (Phi) is 4.04. The van der Waals surface area contributed by atoms with Crippen molar-refractivity contribution in [2.45, 2.75) is 12.8 Å². The lowest BCUT2D eigenvalue weighted by atomic mass is 10.1. The number of nitrogens with one attached hydrogen (secondary N) is 3. The van der Waals surface area contributed by atoms with Crippen molar-refractivity contribution < 1.29 is 5.11 Å². The number of hydrazine groups is 1. The highest BCUT2D eigenvalue weighted by molar-refractivity contribution is 6.38. The summed E-state index contributed by atoms with van der Waals surface area (Å²) >= 11 is 6.46. The van der Waals surface area contributed by atoms with E-state index in [1.54, 1.807) is 6.20 Å². The van der Waals surface area contributed by atoms with E-state index >= 15 is 0 Å². The number of H-pyrrole nitrogens is 1. The van der Waals surface area contributed by atoms with E-state index in [-0.39, 0.29) is 12.8 Å². The van der Waals surface area contributed by atoms with Gasteiger partial charge in [-0.15, -0.1) is 0 Å². The molecule has 0 spiro atoms. The first-order valence-electron chi connectivity index (χ1n) is 7.81. The Bertz CT molecular complexity index is 936. The van der Waals surface area contributed by atoms with E-state index in [0.29, 0.717) is 11.0 Å². The molecule has 0 saturated heterocycles. The van der Waals surface area contributed by atoms with Crippen LogP contribution in [0, 0.1) is 0 Å². The van der Waals surface area contributed by atoms with Gasteiger partial charge >= 0.3 is 0 Å². The summed E-state index contributed by atoms with van der Waals surface area (Å²) in [6, 6.07) is 11.5. The number of hydrogen-bond donors (Lipinski definition) is 4. The number of anilines is 1. The first kappa shape index (κ1) is 15.9. The monoisotopic (exact) mass is 356 g/mol. The van der Waals surface area contributed by atoms with Gasteiger partial charge in [0.05, 0.1) is 29.0 Å². The van der Waals surface area contributed by atoms with E-state index in [4.69, 9.17) is 16.7 Å². The van der Waals surface area contributed by atoms with Crippen LogP contribution in [0.5, 0.6) is 0 Å². The third kappa shape index (κ3) is 2.93. The van der Waals surface area contributed by atoms with Crippen LogP contribution in [0.1, 0.15) is 17.3 Å². The predicted octanol–water partition coefficient (Wildman–Crippen LogP) is 2.63. The zero-order valence-electron chi connectivity index (χ0n) is 13.5. The molecule has 4 N–H and O–H groups in total. The summed E-state index contributed by atoms with van der Waals surface area (Å²) in [6.07, 6.45) is 1.50. The topological polar surface area (TPSA) is 88.6 Å². The molecule has 8 heteroatoms. The fraction of sp³-hybridized carbons (Fsp3) is 0.176. The second-order valence-corrected chi connectivity index (χ2v) is 6.20. The summed E-state index contributed by atoms with van der Waals surface area (Å²) < 4.78 is 0. The molecule has 1 aliphatic heterocycles. The Balaban J connectivity index is 1.59. The van der Waals surface area contributed by atoms with E-state index in [1.807, 2.05) is 48.5 Å². The normalized spacial score (nSPS) is 17.2. The molecule has 0 aliphatic carbocycles. The predicted molar refractivity (Wildman–Crippen MR) is 98.2 cm³/mol. The van der Waals surface area contributed by atoms with E-state index in [0.717, 1.165) is 27.7 Å². The van der Waals surface area contributed by atoms with Crippen molar-refractivity contribution in [2.24, 2.45) is 4.99 Å². The van der Waals surface area contributed by atoms with Crippen molar-refractivity contribution in [3.05, 3.63) is 58.7 Å². The first-order valence-corrected chi connectivity index (χ1v) is 8.19. The second-order valence-electron chi connectivity index (χ2n) is 5.83. The number of aliphatic hydroxyl groups is 1. The number of guanidine groups is 1. The summed E-state index contributed by atoms with van der Waals surface area (Å²) in [6.45, 7) is 0.0311. The van der Waals surface area contributed by atoms with Gasteiger partial charge in [-0.1, -0.05) is 35.9 Å². The molecule has 3 aromatic rings. The molecule has 128 valence electrons. The zero-order valence-corrected chi connectivity index (χ0v) is 14.2. The molecule has 7 nitrogen and oxygen atoms in total. The van der Waals surface area contributed by atoms with Crippen LogP contribution in [0.3, 0.4) is 0 Å². The molecule has 2 aromatic carbocycles. The van der Waals surface area contributed by atoms with Crippen molar-refractivity contribution in [1.82, 2.24) is 20.6 Å². The molecule has 1 aromatic heterocycles. The Hall–Kier alpha value is -2.61. The molecule has 0 amide bonds. The van der Waals surface area contributed by atoms with Crippen LogP contribution < -0.4 is 10.7 Å². The van der Waals surface area contributed by atoms with Crippen molar-refractivity contribution in [3.8, 4) is 0 Å². The van der Waals surface area contributed by atoms with Crippen molar-refractivity contribution in [1.29, 1.82) is 0 Å². The van der Waals surface area contributed by atoms with E-state index < -0.39 is 0 Å². The van der Waals surface area contributed by atoms with Gasteiger partial charge in [0.2, 0.25) is 5.96 Å². The molecule has 1 unspecified atom stereocenters. The van der Waals surface area contributed by atoms with E-state index in [1.165, 1.54) is 0 Å². The molecule has 1 atom stereocenters. The van der Waals surface area contributed by atoms with Crippen LogP contribution in [0.2, 0.25) is 5.02 Å². The third-order valence-electron chi connectivity index (χ3n) is 4.17. The summed E-state index contributed by atoms with van der Waals surface area (Å²) in [4.78, 5) is 4.67. The average molecular weight is 357 g/mol. The summed E-state index contributed by atoms with van der Waals surface area (Å²) in [5.74, 6) is 0.668. The number of aliphatic hydroxyl groups excluding tert-OH is 1. The standard InChI is InChI=1S/C17H17ClN6O/c1-24-17(20-14-7-6-13-12(15(14)18)8-19-22-13)21-16(23-24)11-4-2-10(9-25)3-5-11/h2-8,16,23,25H,9H2,1H3,(H,19,22)(H,20,21). The number of hydrogen-bond acceptors (Lipinski definition) is 6. The van der Waals surface area contributed by atoms with Crippen LogP contribution in [0.15, 0.2) is 47.6 Å². The van der Waals surface area contributed by atoms with Crippen molar-refractivity contribution in [2.75, 3.05) is 12.4 Å². The summed E-state index contributed by atoms with van der Waals surface area (Å²) in [5.41, 5.74) is 6.81. The number of aromatic amines is 1. The molecule has 0 fully saturated rings. The molecule has 0 bridgehead atoms. The second kappa shape index (κ2) is 6.36. The summed E-state index contributed by atoms with van der Waals surface area (Å²) in [5, 5.41) is 22.6. The minimum atomic E-state index is -0.198. The highest BCUT2D eigenvalue weighted by atomic mass is 35.5. The highest BCUT2D eigenvalue weighted by Gasteiger charge is 2.23. The van der Waals surface area contributed by atoms with Crippen LogP contribution in [-0.2, 0) is 6.61 Å². The molecule has 25 heavy (non-hydrogen) atoms. The molecular formula is C17H17ClN6O. The number of benzene rings is 2. The van der Waals surface area contributed by atoms with Gasteiger partial charge < -0.3 is 10.4 Å². The lowest BCUT2D eigenvalue weighted by Gasteiger charge is -2.17. The molecular weight excluding hydrogens is 340 g/mol. The summed E-state index contributed by atoms with van der Waals surface area (Å²) in [7, 11) is 1.89. The zero-order chi connectivity index (χ0) is 17.4. The lowest BCUT2D eigenvalue weighted by Crippen LogP contribution is -2.37. The molecule has 0 saturated carbocycles. The Morgan fingerprint density at radius 2 is 2.04 bits per heavy atom. The molecule has 2 heterocycles. The fourth-order valence-corrected chi connectivity index (χ4v) is 3.01. The fourth-order valence-electron chi connectivity index (χ4n) is 2.75. The quantitative estimate of drug-likeness (QED) is 0.579. The molecule has 0 radical (unpaired) electrons. The van der Waals surface area contributed by atoms with Gasteiger partial charge in [-0.2, -0.15) is 5.10 Å². The number of nitrogens with zero attached hydrogens (tertiary/aromatic N) is 3. The maximum absolute atomic E-state index is 9.15. The number of fused-ring (bicyclic) bond motifs is 1. The third-order valence-corrected chi connectivity index (χ3v) is 4.58. The van der Waals surface area contributed by atoms with Gasteiger partial charge in [0.25, 0.3) is 0 Å². The van der Waals surface area contributed by atoms with Crippen LogP contribution >= 0.6 is 11.6 Å². The number of halogens is 1. The Morgan fingerprint density at radius 3 is 2.80 bits per heavy atom. The molecule has 4 rings (SSSR count). The number of aliphatic imine (C=N–C) groups is 1. The minimum absolute atomic E-state index is 0.0311. The van der Waals surface area contributed by atoms with Gasteiger partial charge in [0, 0.05) is 12.4 Å². The number of rotatable bonds is 3. The minimum Gasteiger partial charge on any atom is -0.392 e. The largest absolute Gasteiger partial charge is 0.392 e. The van der Waals surface area contributed by atoms with Crippen LogP contribution in [0.25, 0.3) is 10.9 Å². The Morgan fingerprint density at radius 1 is 1.24 bits per heavy atom. The maximum atomic E-state index is 9.15. The average Bonchev–Trinajstić information content (AvgIpc) is 3.25.